The summed E-state index contributed by atoms with van der Waals surface area (Å²) in [5.41, 5.74) is 0.462. The molecule has 1 saturated heterocycles. The number of piperidine rings is 1. The highest BCUT2D eigenvalue weighted by Gasteiger charge is 2.26. The SMILES string of the molecule is CC1CC(C)CN(C(=O)COC(=O)COc2ccc(N(C)S(=O)(=O)c3cccs3)cc2)C1. The fourth-order valence-corrected chi connectivity index (χ4v) is 6.08. The number of esters is 1. The maximum atomic E-state index is 12.6. The Hall–Kier alpha value is -2.59. The molecule has 3 rings (SSSR count). The van der Waals surface area contributed by atoms with Crippen LogP contribution in [0.2, 0.25) is 0 Å². The van der Waals surface area contributed by atoms with Gasteiger partial charge in [0.05, 0.1) is 5.69 Å². The van der Waals surface area contributed by atoms with E-state index in [1.165, 1.54) is 11.4 Å². The van der Waals surface area contributed by atoms with Gasteiger partial charge < -0.3 is 14.4 Å². The number of carbonyl (C=O) groups is 2. The molecular weight excluding hydrogens is 452 g/mol. The minimum Gasteiger partial charge on any atom is -0.482 e. The van der Waals surface area contributed by atoms with Crippen molar-refractivity contribution in [3.05, 3.63) is 41.8 Å². The van der Waals surface area contributed by atoms with E-state index in [0.29, 0.717) is 36.4 Å². The first-order valence-electron chi connectivity index (χ1n) is 10.4. The summed E-state index contributed by atoms with van der Waals surface area (Å²) in [5, 5.41) is 1.71. The van der Waals surface area contributed by atoms with Crippen molar-refractivity contribution in [3.63, 3.8) is 0 Å². The van der Waals surface area contributed by atoms with E-state index in [1.807, 2.05) is 0 Å². The van der Waals surface area contributed by atoms with Gasteiger partial charge in [-0.2, -0.15) is 0 Å². The van der Waals surface area contributed by atoms with Gasteiger partial charge in [-0.05, 0) is 54.0 Å². The molecular formula is C22H28N2O6S2. The molecule has 2 aromatic rings. The molecule has 2 heterocycles. The molecule has 174 valence electrons. The lowest BCUT2D eigenvalue weighted by Crippen LogP contribution is -2.44. The van der Waals surface area contributed by atoms with Crippen molar-refractivity contribution in [3.8, 4) is 5.75 Å². The summed E-state index contributed by atoms with van der Waals surface area (Å²) >= 11 is 1.15. The normalized spacial score (nSPS) is 18.8. The fourth-order valence-electron chi connectivity index (χ4n) is 3.72. The largest absolute Gasteiger partial charge is 0.482 e. The number of thiophene rings is 1. The lowest BCUT2D eigenvalue weighted by molar-refractivity contribution is -0.154. The summed E-state index contributed by atoms with van der Waals surface area (Å²) in [6.45, 7) is 4.93. The summed E-state index contributed by atoms with van der Waals surface area (Å²) < 4.78 is 37.1. The van der Waals surface area contributed by atoms with Crippen molar-refractivity contribution >= 4 is 38.9 Å². The number of amides is 1. The third-order valence-electron chi connectivity index (χ3n) is 5.25. The number of benzene rings is 1. The Balaban J connectivity index is 1.47. The maximum Gasteiger partial charge on any atom is 0.344 e. The van der Waals surface area contributed by atoms with Crippen LogP contribution in [0.5, 0.6) is 5.75 Å². The highest BCUT2D eigenvalue weighted by molar-refractivity contribution is 7.94. The van der Waals surface area contributed by atoms with E-state index < -0.39 is 16.0 Å². The van der Waals surface area contributed by atoms with Gasteiger partial charge in [-0.1, -0.05) is 19.9 Å². The lowest BCUT2D eigenvalue weighted by atomic mass is 9.92. The standard InChI is InChI=1S/C22H28N2O6S2/c1-16-11-17(2)13-24(12-16)20(25)14-30-21(26)15-29-19-8-6-18(7-9-19)23(3)32(27,28)22-5-4-10-31-22/h4-10,16-17H,11-15H2,1-3H3. The average Bonchev–Trinajstić information content (AvgIpc) is 3.31. The second-order valence-electron chi connectivity index (χ2n) is 8.09. The molecule has 0 saturated carbocycles. The van der Waals surface area contributed by atoms with E-state index in [9.17, 15) is 18.0 Å². The van der Waals surface area contributed by atoms with Crippen LogP contribution >= 0.6 is 11.3 Å². The van der Waals surface area contributed by atoms with Crippen LogP contribution in [0.15, 0.2) is 46.0 Å². The molecule has 10 heteroatoms. The number of ether oxygens (including phenoxy) is 2. The topological polar surface area (TPSA) is 93.2 Å². The molecule has 1 aromatic carbocycles. The molecule has 32 heavy (non-hydrogen) atoms. The molecule has 2 unspecified atom stereocenters. The zero-order chi connectivity index (χ0) is 23.3. The first kappa shape index (κ1) is 24.1. The molecule has 1 aliphatic rings. The summed E-state index contributed by atoms with van der Waals surface area (Å²) in [7, 11) is -2.14. The number of anilines is 1. The van der Waals surface area contributed by atoms with Gasteiger partial charge in [0.1, 0.15) is 9.96 Å². The smallest absolute Gasteiger partial charge is 0.344 e. The molecule has 0 N–H and O–H groups in total. The summed E-state index contributed by atoms with van der Waals surface area (Å²) in [5.74, 6) is 0.416. The van der Waals surface area contributed by atoms with Crippen LogP contribution in [0.3, 0.4) is 0 Å². The fraction of sp³-hybridized carbons (Fsp3) is 0.455. The van der Waals surface area contributed by atoms with Crippen LogP contribution < -0.4 is 9.04 Å². The molecule has 2 atom stereocenters. The lowest BCUT2D eigenvalue weighted by Gasteiger charge is -2.34. The van der Waals surface area contributed by atoms with Gasteiger partial charge in [0.25, 0.3) is 15.9 Å². The molecule has 1 fully saturated rings. The van der Waals surface area contributed by atoms with E-state index in [4.69, 9.17) is 9.47 Å². The maximum absolute atomic E-state index is 12.6. The summed E-state index contributed by atoms with van der Waals surface area (Å²) in [6, 6.07) is 9.57. The van der Waals surface area contributed by atoms with E-state index in [2.05, 4.69) is 13.8 Å². The van der Waals surface area contributed by atoms with Crippen molar-refractivity contribution < 1.29 is 27.5 Å². The van der Waals surface area contributed by atoms with Crippen molar-refractivity contribution in [1.29, 1.82) is 0 Å². The number of sulfonamides is 1. The number of carbonyl (C=O) groups excluding carboxylic acids is 2. The third kappa shape index (κ3) is 6.01. The number of hydrogen-bond acceptors (Lipinski definition) is 7. The highest BCUT2D eigenvalue weighted by Crippen LogP contribution is 2.26. The van der Waals surface area contributed by atoms with Gasteiger partial charge in [-0.15, -0.1) is 11.3 Å². The number of likely N-dealkylation sites (tertiary alicyclic amines) is 1. The second kappa shape index (κ2) is 10.4. The Morgan fingerprint density at radius 3 is 2.34 bits per heavy atom. The molecule has 0 bridgehead atoms. The zero-order valence-electron chi connectivity index (χ0n) is 18.4. The van der Waals surface area contributed by atoms with Gasteiger partial charge >= 0.3 is 5.97 Å². The average molecular weight is 481 g/mol. The minimum absolute atomic E-state index is 0.198. The van der Waals surface area contributed by atoms with Gasteiger partial charge in [-0.25, -0.2) is 13.2 Å². The Labute approximate surface area is 192 Å². The molecule has 1 aliphatic heterocycles. The number of nitrogens with zero attached hydrogens (tertiary/aromatic N) is 2. The van der Waals surface area contributed by atoms with Crippen LogP contribution in [0.1, 0.15) is 20.3 Å². The molecule has 0 spiro atoms. The van der Waals surface area contributed by atoms with Gasteiger partial charge in [0, 0.05) is 20.1 Å². The third-order valence-corrected chi connectivity index (χ3v) is 8.40. The van der Waals surface area contributed by atoms with Crippen molar-refractivity contribution in [2.45, 2.75) is 24.5 Å². The van der Waals surface area contributed by atoms with Crippen molar-refractivity contribution in [1.82, 2.24) is 4.90 Å². The Kier molecular flexibility index (Phi) is 7.78. The van der Waals surface area contributed by atoms with Crippen LogP contribution in [-0.2, 0) is 24.3 Å². The number of rotatable bonds is 8. The molecule has 1 amide bonds. The monoisotopic (exact) mass is 480 g/mol. The second-order valence-corrected chi connectivity index (χ2v) is 11.2. The van der Waals surface area contributed by atoms with Gasteiger partial charge in [-0.3, -0.25) is 9.10 Å². The first-order valence-corrected chi connectivity index (χ1v) is 12.7. The van der Waals surface area contributed by atoms with Crippen LogP contribution in [0, 0.1) is 11.8 Å². The van der Waals surface area contributed by atoms with E-state index in [-0.39, 0.29) is 23.3 Å². The molecule has 1 aromatic heterocycles. The van der Waals surface area contributed by atoms with Crippen LogP contribution in [0.25, 0.3) is 0 Å². The van der Waals surface area contributed by atoms with Crippen molar-refractivity contribution in [2.24, 2.45) is 11.8 Å². The summed E-state index contributed by atoms with van der Waals surface area (Å²) in [6.07, 6.45) is 1.09. The molecule has 8 nitrogen and oxygen atoms in total. The van der Waals surface area contributed by atoms with Crippen LogP contribution in [0.4, 0.5) is 5.69 Å². The Morgan fingerprint density at radius 2 is 1.75 bits per heavy atom. The minimum atomic E-state index is -3.62. The molecule has 0 radical (unpaired) electrons. The quantitative estimate of drug-likeness (QED) is 0.539. The zero-order valence-corrected chi connectivity index (χ0v) is 20.0. The van der Waals surface area contributed by atoms with Gasteiger partial charge in [0.15, 0.2) is 13.2 Å². The van der Waals surface area contributed by atoms with Crippen LogP contribution in [-0.4, -0.2) is 58.5 Å². The van der Waals surface area contributed by atoms with E-state index in [1.54, 1.807) is 46.7 Å². The summed E-state index contributed by atoms with van der Waals surface area (Å²) in [4.78, 5) is 26.0. The predicted octanol–water partition coefficient (Wildman–Crippen LogP) is 3.00. The van der Waals surface area contributed by atoms with E-state index in [0.717, 1.165) is 17.8 Å². The Bertz CT molecular complexity index is 1010. The van der Waals surface area contributed by atoms with Crippen molar-refractivity contribution in [2.75, 3.05) is 37.7 Å². The number of hydrogen-bond donors (Lipinski definition) is 0. The van der Waals surface area contributed by atoms with Gasteiger partial charge in [0.2, 0.25) is 0 Å². The predicted molar refractivity (Wildman–Crippen MR) is 122 cm³/mol. The highest BCUT2D eigenvalue weighted by atomic mass is 32.2. The molecule has 0 aliphatic carbocycles. The van der Waals surface area contributed by atoms with E-state index >= 15 is 0 Å². The first-order chi connectivity index (χ1) is 15.2. The Morgan fingerprint density at radius 1 is 1.09 bits per heavy atom.